The fourth-order valence-electron chi connectivity index (χ4n) is 3.82. The van der Waals surface area contributed by atoms with Crippen molar-refractivity contribution in [3.63, 3.8) is 0 Å². The van der Waals surface area contributed by atoms with E-state index in [0.29, 0.717) is 25.9 Å². The molecule has 0 bridgehead atoms. The number of amides is 1. The summed E-state index contributed by atoms with van der Waals surface area (Å²) in [5, 5.41) is 6.52. The maximum Gasteiger partial charge on any atom is 0.327 e. The minimum Gasteiger partial charge on any atom is -0.465 e. The first-order valence-corrected chi connectivity index (χ1v) is 11.9. The van der Waals surface area contributed by atoms with Crippen LogP contribution in [0.5, 0.6) is 0 Å². The molecular formula is C25H39N3O5. The molecule has 0 saturated carbocycles. The van der Waals surface area contributed by atoms with Crippen LogP contribution in [0.2, 0.25) is 0 Å². The van der Waals surface area contributed by atoms with E-state index in [-0.39, 0.29) is 25.0 Å². The Balaban J connectivity index is 2.09. The van der Waals surface area contributed by atoms with Crippen LogP contribution >= 0.6 is 0 Å². The van der Waals surface area contributed by atoms with Crippen LogP contribution in [-0.4, -0.2) is 71.8 Å². The molecule has 2 atom stereocenters. The van der Waals surface area contributed by atoms with Gasteiger partial charge in [-0.3, -0.25) is 24.7 Å². The van der Waals surface area contributed by atoms with Crippen LogP contribution in [0, 0.1) is 0 Å². The summed E-state index contributed by atoms with van der Waals surface area (Å²) >= 11 is 0. The molecule has 1 saturated heterocycles. The van der Waals surface area contributed by atoms with Crippen molar-refractivity contribution in [2.75, 3.05) is 26.2 Å². The van der Waals surface area contributed by atoms with Crippen molar-refractivity contribution in [2.24, 2.45) is 0 Å². The summed E-state index contributed by atoms with van der Waals surface area (Å²) in [4.78, 5) is 38.5. The molecule has 1 aliphatic heterocycles. The average molecular weight is 462 g/mol. The molecule has 0 unspecified atom stereocenters. The molecule has 1 N–H and O–H groups in total. The van der Waals surface area contributed by atoms with Crippen LogP contribution in [-0.2, 0) is 30.3 Å². The fraction of sp³-hybridized carbons (Fsp3) is 0.640. The molecule has 0 radical (unpaired) electrons. The van der Waals surface area contributed by atoms with Gasteiger partial charge >= 0.3 is 11.9 Å². The van der Waals surface area contributed by atoms with E-state index < -0.39 is 23.7 Å². The number of nitrogens with one attached hydrogen (secondary N) is 1. The lowest BCUT2D eigenvalue weighted by Crippen LogP contribution is -2.56. The van der Waals surface area contributed by atoms with Gasteiger partial charge in [-0.15, -0.1) is 0 Å². The van der Waals surface area contributed by atoms with Gasteiger partial charge in [0.1, 0.15) is 18.2 Å². The zero-order valence-corrected chi connectivity index (χ0v) is 20.6. The predicted molar refractivity (Wildman–Crippen MR) is 126 cm³/mol. The maximum absolute atomic E-state index is 13.4. The monoisotopic (exact) mass is 461 g/mol. The van der Waals surface area contributed by atoms with Crippen molar-refractivity contribution >= 4 is 17.8 Å². The molecule has 33 heavy (non-hydrogen) atoms. The summed E-state index contributed by atoms with van der Waals surface area (Å²) in [6.07, 6.45) is 3.09. The number of esters is 2. The molecule has 1 amide bonds. The van der Waals surface area contributed by atoms with E-state index in [1.165, 1.54) is 5.01 Å². The zero-order chi connectivity index (χ0) is 24.4. The number of rotatable bonds is 11. The van der Waals surface area contributed by atoms with Gasteiger partial charge in [0.25, 0.3) is 5.91 Å². The topological polar surface area (TPSA) is 88.2 Å². The van der Waals surface area contributed by atoms with Crippen LogP contribution in [0.3, 0.4) is 0 Å². The number of nitrogens with zero attached hydrogens (tertiary/aromatic N) is 2. The van der Waals surface area contributed by atoms with E-state index in [1.807, 2.05) is 35.3 Å². The molecule has 0 spiro atoms. The molecule has 1 aromatic rings. The average Bonchev–Trinajstić information content (AvgIpc) is 3.28. The molecule has 0 aromatic heterocycles. The Bertz CT molecular complexity index is 772. The number of benzene rings is 1. The Morgan fingerprint density at radius 2 is 1.76 bits per heavy atom. The molecule has 1 fully saturated rings. The molecule has 1 heterocycles. The van der Waals surface area contributed by atoms with Gasteiger partial charge in [-0.2, -0.15) is 0 Å². The van der Waals surface area contributed by atoms with E-state index in [1.54, 1.807) is 34.6 Å². The summed E-state index contributed by atoms with van der Waals surface area (Å²) in [5.74, 6) is -1.11. The number of hydrogen-bond donors (Lipinski definition) is 1. The summed E-state index contributed by atoms with van der Waals surface area (Å²) in [6.45, 7) is 10.4. The largest absolute Gasteiger partial charge is 0.465 e. The second-order valence-corrected chi connectivity index (χ2v) is 9.36. The third-order valence-corrected chi connectivity index (χ3v) is 5.33. The maximum atomic E-state index is 13.4. The highest BCUT2D eigenvalue weighted by Crippen LogP contribution is 2.15. The first-order chi connectivity index (χ1) is 15.6. The highest BCUT2D eigenvalue weighted by atomic mass is 16.6. The Kier molecular flexibility index (Phi) is 10.3. The van der Waals surface area contributed by atoms with Crippen molar-refractivity contribution in [1.29, 1.82) is 0 Å². The lowest BCUT2D eigenvalue weighted by atomic mass is 10.0. The molecule has 8 heteroatoms. The summed E-state index contributed by atoms with van der Waals surface area (Å²) in [5.41, 5.74) is 0.476. The molecule has 8 nitrogen and oxygen atoms in total. The van der Waals surface area contributed by atoms with E-state index in [2.05, 4.69) is 5.32 Å². The van der Waals surface area contributed by atoms with Gasteiger partial charge in [-0.1, -0.05) is 30.3 Å². The SMILES string of the molecule is CCOC(=O)[C@H](CCc1ccccc1)N[C@@H](C)C(=O)N(CC(=O)OC(C)(C)C)N1CCCC1. The first-order valence-electron chi connectivity index (χ1n) is 11.9. The van der Waals surface area contributed by atoms with Crippen LogP contribution in [0.1, 0.15) is 59.4 Å². The number of carbonyl (C=O) groups excluding carboxylic acids is 3. The van der Waals surface area contributed by atoms with Crippen molar-refractivity contribution < 1.29 is 23.9 Å². The van der Waals surface area contributed by atoms with Crippen molar-refractivity contribution in [3.8, 4) is 0 Å². The molecule has 2 rings (SSSR count). The van der Waals surface area contributed by atoms with Gasteiger partial charge in [-0.05, 0) is 65.9 Å². The summed E-state index contributed by atoms with van der Waals surface area (Å²) < 4.78 is 10.7. The van der Waals surface area contributed by atoms with E-state index in [4.69, 9.17) is 9.47 Å². The minimum atomic E-state index is -0.682. The van der Waals surface area contributed by atoms with Crippen LogP contribution < -0.4 is 5.32 Å². The van der Waals surface area contributed by atoms with E-state index >= 15 is 0 Å². The Hall–Kier alpha value is -2.45. The van der Waals surface area contributed by atoms with Gasteiger partial charge in [0.05, 0.1) is 12.6 Å². The fourth-order valence-corrected chi connectivity index (χ4v) is 3.82. The first kappa shape index (κ1) is 26.8. The molecule has 0 aliphatic carbocycles. The van der Waals surface area contributed by atoms with Crippen molar-refractivity contribution in [2.45, 2.75) is 78.0 Å². The van der Waals surface area contributed by atoms with E-state index in [9.17, 15) is 14.4 Å². The molecule has 1 aliphatic rings. The minimum absolute atomic E-state index is 0.157. The zero-order valence-electron chi connectivity index (χ0n) is 20.6. The van der Waals surface area contributed by atoms with Gasteiger partial charge in [0.2, 0.25) is 0 Å². The standard InChI is InChI=1S/C25H39N3O5/c1-6-32-24(31)21(15-14-20-12-8-7-9-13-20)26-19(2)23(30)28(27-16-10-11-17-27)18-22(29)33-25(3,4)5/h7-9,12-13,19,21,26H,6,10-11,14-18H2,1-5H3/t19-,21-/m0/s1. The van der Waals surface area contributed by atoms with Crippen molar-refractivity contribution in [3.05, 3.63) is 35.9 Å². The van der Waals surface area contributed by atoms with E-state index in [0.717, 1.165) is 18.4 Å². The van der Waals surface area contributed by atoms with Gasteiger partial charge in [0, 0.05) is 13.1 Å². The summed E-state index contributed by atoms with van der Waals surface area (Å²) in [7, 11) is 0. The normalized spacial score (nSPS) is 16.2. The Labute approximate surface area is 197 Å². The lowest BCUT2D eigenvalue weighted by Gasteiger charge is -2.34. The number of hydrogen-bond acceptors (Lipinski definition) is 7. The number of carbonyl (C=O) groups is 3. The Morgan fingerprint density at radius 3 is 2.33 bits per heavy atom. The Morgan fingerprint density at radius 1 is 1.12 bits per heavy atom. The quantitative estimate of drug-likeness (QED) is 0.507. The highest BCUT2D eigenvalue weighted by molar-refractivity contribution is 5.86. The van der Waals surface area contributed by atoms with Gasteiger partial charge < -0.3 is 9.47 Å². The van der Waals surface area contributed by atoms with Crippen LogP contribution in [0.4, 0.5) is 0 Å². The van der Waals surface area contributed by atoms with Gasteiger partial charge in [-0.25, -0.2) is 5.01 Å². The van der Waals surface area contributed by atoms with Crippen molar-refractivity contribution in [1.82, 2.24) is 15.3 Å². The number of aryl methyl sites for hydroxylation is 1. The molecule has 1 aromatic carbocycles. The van der Waals surface area contributed by atoms with Crippen LogP contribution in [0.25, 0.3) is 0 Å². The second kappa shape index (κ2) is 12.7. The number of ether oxygens (including phenoxy) is 2. The summed E-state index contributed by atoms with van der Waals surface area (Å²) in [6, 6.07) is 8.56. The van der Waals surface area contributed by atoms with Crippen LogP contribution in [0.15, 0.2) is 30.3 Å². The molecule has 184 valence electrons. The van der Waals surface area contributed by atoms with Gasteiger partial charge in [0.15, 0.2) is 0 Å². The third kappa shape index (κ3) is 9.14. The number of hydrazine groups is 1. The lowest BCUT2D eigenvalue weighted by molar-refractivity contribution is -0.169. The highest BCUT2D eigenvalue weighted by Gasteiger charge is 2.33. The predicted octanol–water partition coefficient (Wildman–Crippen LogP) is 2.71. The second-order valence-electron chi connectivity index (χ2n) is 9.36. The molecular weight excluding hydrogens is 422 g/mol. The third-order valence-electron chi connectivity index (χ3n) is 5.33. The smallest absolute Gasteiger partial charge is 0.327 e.